The van der Waals surface area contributed by atoms with Crippen molar-refractivity contribution in [2.24, 2.45) is 5.73 Å². The summed E-state index contributed by atoms with van der Waals surface area (Å²) < 4.78 is 5.98. The number of ether oxygens (including phenoxy) is 1. The van der Waals surface area contributed by atoms with Gasteiger partial charge in [-0.15, -0.1) is 0 Å². The zero-order chi connectivity index (χ0) is 12.3. The number of benzene rings is 1. The van der Waals surface area contributed by atoms with Crippen LogP contribution in [0, 0.1) is 13.8 Å². The molecule has 0 unspecified atom stereocenters. The molecule has 2 heteroatoms. The van der Waals surface area contributed by atoms with Gasteiger partial charge >= 0.3 is 0 Å². The monoisotopic (exact) mass is 233 g/mol. The third kappa shape index (κ3) is 3.55. The number of hydrogen-bond donors (Lipinski definition) is 1. The van der Waals surface area contributed by atoms with Crippen molar-refractivity contribution in [3.63, 3.8) is 0 Å². The van der Waals surface area contributed by atoms with E-state index in [0.717, 1.165) is 32.3 Å². The predicted molar refractivity (Wildman–Crippen MR) is 70.9 cm³/mol. The van der Waals surface area contributed by atoms with E-state index >= 15 is 0 Å². The van der Waals surface area contributed by atoms with Crippen LogP contribution in [0.15, 0.2) is 18.2 Å². The van der Waals surface area contributed by atoms with Crippen LogP contribution in [0.2, 0.25) is 0 Å². The molecule has 17 heavy (non-hydrogen) atoms. The standard InChI is InChI=1S/C15H23NO/c1-11-3-4-13(12(2)9-11)10-17-15-7-5-14(16)6-8-15/h3-4,9,14-15H,5-8,10,16H2,1-2H3. The van der Waals surface area contributed by atoms with Crippen LogP contribution in [0.4, 0.5) is 0 Å². The van der Waals surface area contributed by atoms with E-state index in [9.17, 15) is 0 Å². The van der Waals surface area contributed by atoms with Crippen LogP contribution in [0.1, 0.15) is 42.4 Å². The first kappa shape index (κ1) is 12.6. The Morgan fingerprint density at radius 3 is 2.53 bits per heavy atom. The van der Waals surface area contributed by atoms with Crippen LogP contribution in [-0.2, 0) is 11.3 Å². The minimum absolute atomic E-state index is 0.399. The topological polar surface area (TPSA) is 35.2 Å². The van der Waals surface area contributed by atoms with Crippen LogP contribution in [0.25, 0.3) is 0 Å². The third-order valence-corrected chi connectivity index (χ3v) is 3.69. The highest BCUT2D eigenvalue weighted by Crippen LogP contribution is 2.21. The molecule has 1 aromatic carbocycles. The minimum Gasteiger partial charge on any atom is -0.374 e. The number of aryl methyl sites for hydroxylation is 2. The van der Waals surface area contributed by atoms with Gasteiger partial charge in [0.1, 0.15) is 0 Å². The van der Waals surface area contributed by atoms with Crippen molar-refractivity contribution >= 4 is 0 Å². The molecule has 0 aliphatic heterocycles. The molecule has 2 rings (SSSR count). The van der Waals surface area contributed by atoms with Crippen LogP contribution < -0.4 is 5.73 Å². The van der Waals surface area contributed by atoms with E-state index in [4.69, 9.17) is 10.5 Å². The third-order valence-electron chi connectivity index (χ3n) is 3.69. The maximum atomic E-state index is 5.98. The second-order valence-electron chi connectivity index (χ2n) is 5.28. The lowest BCUT2D eigenvalue weighted by Gasteiger charge is -2.26. The fourth-order valence-electron chi connectivity index (χ4n) is 2.47. The first-order valence-electron chi connectivity index (χ1n) is 6.58. The van der Waals surface area contributed by atoms with Crippen LogP contribution in [0.3, 0.4) is 0 Å². The summed E-state index contributed by atoms with van der Waals surface area (Å²) in [5, 5.41) is 0. The zero-order valence-electron chi connectivity index (χ0n) is 10.9. The molecule has 0 bridgehead atoms. The summed E-state index contributed by atoms with van der Waals surface area (Å²) in [6, 6.07) is 6.95. The van der Waals surface area contributed by atoms with E-state index in [2.05, 4.69) is 32.0 Å². The molecule has 1 aromatic rings. The van der Waals surface area contributed by atoms with E-state index in [-0.39, 0.29) is 0 Å². The minimum atomic E-state index is 0.399. The Hall–Kier alpha value is -0.860. The predicted octanol–water partition coefficient (Wildman–Crippen LogP) is 3.09. The molecule has 1 saturated carbocycles. The molecular formula is C15H23NO. The van der Waals surface area contributed by atoms with Gasteiger partial charge in [-0.05, 0) is 50.7 Å². The van der Waals surface area contributed by atoms with Crippen LogP contribution >= 0.6 is 0 Å². The van der Waals surface area contributed by atoms with E-state index < -0.39 is 0 Å². The SMILES string of the molecule is Cc1ccc(COC2CCC(N)CC2)c(C)c1. The van der Waals surface area contributed by atoms with Crippen molar-refractivity contribution in [2.45, 2.75) is 58.3 Å². The largest absolute Gasteiger partial charge is 0.374 e. The molecule has 2 N–H and O–H groups in total. The van der Waals surface area contributed by atoms with Gasteiger partial charge in [0.25, 0.3) is 0 Å². The molecule has 0 heterocycles. The second kappa shape index (κ2) is 5.65. The van der Waals surface area contributed by atoms with Gasteiger partial charge < -0.3 is 10.5 Å². The van der Waals surface area contributed by atoms with Crippen molar-refractivity contribution < 1.29 is 4.74 Å². The highest BCUT2D eigenvalue weighted by atomic mass is 16.5. The average molecular weight is 233 g/mol. The molecule has 0 atom stereocenters. The Kier molecular flexibility index (Phi) is 4.19. The van der Waals surface area contributed by atoms with E-state index in [1.54, 1.807) is 0 Å². The highest BCUT2D eigenvalue weighted by molar-refractivity contribution is 5.29. The van der Waals surface area contributed by atoms with Gasteiger partial charge in [0.05, 0.1) is 12.7 Å². The smallest absolute Gasteiger partial charge is 0.0723 e. The Morgan fingerprint density at radius 1 is 1.18 bits per heavy atom. The lowest BCUT2D eigenvalue weighted by Crippen LogP contribution is -2.30. The number of nitrogens with two attached hydrogens (primary N) is 1. The molecular weight excluding hydrogens is 210 g/mol. The van der Waals surface area contributed by atoms with Crippen molar-refractivity contribution in [1.29, 1.82) is 0 Å². The molecule has 0 aromatic heterocycles. The van der Waals surface area contributed by atoms with Gasteiger partial charge in [0.15, 0.2) is 0 Å². The second-order valence-corrected chi connectivity index (χ2v) is 5.28. The summed E-state index contributed by atoms with van der Waals surface area (Å²) in [6.07, 6.45) is 4.86. The summed E-state index contributed by atoms with van der Waals surface area (Å²) in [4.78, 5) is 0. The maximum Gasteiger partial charge on any atom is 0.0723 e. The normalized spacial score (nSPS) is 24.9. The summed E-state index contributed by atoms with van der Waals surface area (Å²) >= 11 is 0. The summed E-state index contributed by atoms with van der Waals surface area (Å²) in [6.45, 7) is 5.02. The molecule has 1 fully saturated rings. The highest BCUT2D eigenvalue weighted by Gasteiger charge is 2.18. The first-order chi connectivity index (χ1) is 8.15. The van der Waals surface area contributed by atoms with Crippen molar-refractivity contribution in [3.05, 3.63) is 34.9 Å². The van der Waals surface area contributed by atoms with Gasteiger partial charge in [0, 0.05) is 6.04 Å². The summed E-state index contributed by atoms with van der Waals surface area (Å²) in [5.41, 5.74) is 9.85. The Balaban J connectivity index is 1.85. The average Bonchev–Trinajstić information content (AvgIpc) is 2.30. The van der Waals surface area contributed by atoms with E-state index in [1.807, 2.05) is 0 Å². The zero-order valence-corrected chi connectivity index (χ0v) is 10.9. The Morgan fingerprint density at radius 2 is 1.88 bits per heavy atom. The van der Waals surface area contributed by atoms with Gasteiger partial charge in [-0.1, -0.05) is 23.8 Å². The Labute approximate surface area is 104 Å². The van der Waals surface area contributed by atoms with Gasteiger partial charge in [-0.25, -0.2) is 0 Å². The number of rotatable bonds is 3. The molecule has 1 aliphatic rings. The lowest BCUT2D eigenvalue weighted by molar-refractivity contribution is 0.0136. The van der Waals surface area contributed by atoms with Gasteiger partial charge in [-0.3, -0.25) is 0 Å². The van der Waals surface area contributed by atoms with E-state index in [0.29, 0.717) is 12.1 Å². The van der Waals surface area contributed by atoms with E-state index in [1.165, 1.54) is 16.7 Å². The molecule has 0 spiro atoms. The summed E-state index contributed by atoms with van der Waals surface area (Å²) in [7, 11) is 0. The number of hydrogen-bond acceptors (Lipinski definition) is 2. The van der Waals surface area contributed by atoms with Crippen molar-refractivity contribution in [2.75, 3.05) is 0 Å². The van der Waals surface area contributed by atoms with Crippen LogP contribution in [-0.4, -0.2) is 12.1 Å². The molecule has 0 saturated heterocycles. The quantitative estimate of drug-likeness (QED) is 0.870. The van der Waals surface area contributed by atoms with Crippen molar-refractivity contribution in [3.8, 4) is 0 Å². The molecule has 2 nitrogen and oxygen atoms in total. The maximum absolute atomic E-state index is 5.98. The molecule has 1 aliphatic carbocycles. The molecule has 0 radical (unpaired) electrons. The summed E-state index contributed by atoms with van der Waals surface area (Å²) in [5.74, 6) is 0. The van der Waals surface area contributed by atoms with Gasteiger partial charge in [-0.2, -0.15) is 0 Å². The fourth-order valence-corrected chi connectivity index (χ4v) is 2.47. The first-order valence-corrected chi connectivity index (χ1v) is 6.58. The molecule has 94 valence electrons. The Bertz CT molecular complexity index is 367. The lowest BCUT2D eigenvalue weighted by atomic mass is 9.94. The van der Waals surface area contributed by atoms with Crippen molar-refractivity contribution in [1.82, 2.24) is 0 Å². The fraction of sp³-hybridized carbons (Fsp3) is 0.600. The molecule has 0 amide bonds. The van der Waals surface area contributed by atoms with Crippen LogP contribution in [0.5, 0.6) is 0 Å². The van der Waals surface area contributed by atoms with Gasteiger partial charge in [0.2, 0.25) is 0 Å².